The lowest BCUT2D eigenvalue weighted by Gasteiger charge is -2.29. The van der Waals surface area contributed by atoms with Crippen molar-refractivity contribution in [3.8, 4) is 0 Å². The number of nitrogens with zero attached hydrogens (tertiary/aromatic N) is 4. The Morgan fingerprint density at radius 1 is 1.27 bits per heavy atom. The molecule has 1 aliphatic heterocycles. The molecule has 4 heterocycles. The van der Waals surface area contributed by atoms with Crippen molar-refractivity contribution in [2.24, 2.45) is 0 Å². The average Bonchev–Trinajstić information content (AvgIpc) is 3.21. The fourth-order valence-electron chi connectivity index (χ4n) is 3.21. The molecule has 0 saturated carbocycles. The number of carbonyl (C=O) groups is 1. The number of carbonyl (C=O) groups excluding carboxylic acids is 1. The highest BCUT2D eigenvalue weighted by Crippen LogP contribution is 2.23. The Bertz CT molecular complexity index is 904. The van der Waals surface area contributed by atoms with Gasteiger partial charge in [-0.3, -0.25) is 9.78 Å². The van der Waals surface area contributed by atoms with Crippen molar-refractivity contribution >= 4 is 11.7 Å². The zero-order chi connectivity index (χ0) is 17.9. The summed E-state index contributed by atoms with van der Waals surface area (Å²) in [5.74, 6) is 0.770. The molecule has 7 heteroatoms. The molecule has 3 aromatic rings. The third kappa shape index (κ3) is 3.28. The van der Waals surface area contributed by atoms with Gasteiger partial charge in [-0.2, -0.15) is 5.10 Å². The van der Waals surface area contributed by atoms with Crippen LogP contribution in [0.15, 0.2) is 42.9 Å². The molecule has 0 aromatic carbocycles. The van der Waals surface area contributed by atoms with Gasteiger partial charge in [0.05, 0.1) is 5.69 Å². The fraction of sp³-hybridized carbons (Fsp3) is 0.263. The van der Waals surface area contributed by atoms with Crippen LogP contribution in [-0.4, -0.2) is 37.5 Å². The van der Waals surface area contributed by atoms with Crippen LogP contribution < -0.4 is 5.32 Å². The Balaban J connectivity index is 1.48. The summed E-state index contributed by atoms with van der Waals surface area (Å²) in [7, 11) is 0. The van der Waals surface area contributed by atoms with Crippen LogP contribution in [0.1, 0.15) is 32.9 Å². The zero-order valence-electron chi connectivity index (χ0n) is 14.6. The lowest BCUT2D eigenvalue weighted by Crippen LogP contribution is -2.36. The van der Waals surface area contributed by atoms with Crippen LogP contribution in [0.25, 0.3) is 0 Å². The summed E-state index contributed by atoms with van der Waals surface area (Å²) in [5, 5.41) is 11.5. The van der Waals surface area contributed by atoms with E-state index in [2.05, 4.69) is 25.5 Å². The lowest BCUT2D eigenvalue weighted by atomic mass is 9.97. The Hall–Kier alpha value is -3.22. The molecule has 0 atom stereocenters. The topological polar surface area (TPSA) is 86.8 Å². The minimum atomic E-state index is 0.0270. The van der Waals surface area contributed by atoms with Crippen molar-refractivity contribution in [3.63, 3.8) is 0 Å². The SMILES string of the molecule is Cc1ccc(NCc2cncc3c2CCN(C(=O)c2ccc[nH]2)C3)nn1. The maximum absolute atomic E-state index is 12.5. The van der Waals surface area contributed by atoms with Gasteiger partial charge in [-0.25, -0.2) is 0 Å². The van der Waals surface area contributed by atoms with Gasteiger partial charge >= 0.3 is 0 Å². The second kappa shape index (κ2) is 6.95. The molecule has 2 N–H and O–H groups in total. The molecular weight excluding hydrogens is 328 g/mol. The number of pyridine rings is 1. The third-order valence-corrected chi connectivity index (χ3v) is 4.60. The number of aryl methyl sites for hydroxylation is 1. The number of hydrogen-bond donors (Lipinski definition) is 2. The third-order valence-electron chi connectivity index (χ3n) is 4.60. The Morgan fingerprint density at radius 2 is 2.19 bits per heavy atom. The maximum Gasteiger partial charge on any atom is 0.270 e. The number of fused-ring (bicyclic) bond motifs is 1. The van der Waals surface area contributed by atoms with Crippen molar-refractivity contribution in [1.29, 1.82) is 0 Å². The highest BCUT2D eigenvalue weighted by molar-refractivity contribution is 5.92. The average molecular weight is 348 g/mol. The molecule has 1 aliphatic rings. The lowest BCUT2D eigenvalue weighted by molar-refractivity contribution is 0.0729. The van der Waals surface area contributed by atoms with E-state index >= 15 is 0 Å². The number of rotatable bonds is 4. The Labute approximate surface area is 151 Å². The maximum atomic E-state index is 12.5. The van der Waals surface area contributed by atoms with Crippen LogP contribution in [-0.2, 0) is 19.5 Å². The molecule has 7 nitrogen and oxygen atoms in total. The first-order chi connectivity index (χ1) is 12.7. The zero-order valence-corrected chi connectivity index (χ0v) is 14.6. The Kier molecular flexibility index (Phi) is 4.35. The summed E-state index contributed by atoms with van der Waals surface area (Å²) in [6, 6.07) is 7.49. The Morgan fingerprint density at radius 3 is 2.96 bits per heavy atom. The van der Waals surface area contributed by atoms with Crippen LogP contribution in [0.5, 0.6) is 0 Å². The normalized spacial score (nSPS) is 13.3. The predicted octanol–water partition coefficient (Wildman–Crippen LogP) is 2.32. The van der Waals surface area contributed by atoms with Crippen LogP contribution in [0.3, 0.4) is 0 Å². The summed E-state index contributed by atoms with van der Waals surface area (Å²) in [5.41, 5.74) is 5.02. The van der Waals surface area contributed by atoms with E-state index in [0.717, 1.165) is 29.1 Å². The molecule has 0 saturated heterocycles. The van der Waals surface area contributed by atoms with Crippen LogP contribution >= 0.6 is 0 Å². The van der Waals surface area contributed by atoms with E-state index in [1.165, 1.54) is 5.56 Å². The summed E-state index contributed by atoms with van der Waals surface area (Å²) in [6.45, 7) is 3.83. The minimum Gasteiger partial charge on any atom is -0.364 e. The van der Waals surface area contributed by atoms with Gasteiger partial charge in [0.15, 0.2) is 0 Å². The van der Waals surface area contributed by atoms with Gasteiger partial charge in [0.25, 0.3) is 5.91 Å². The van der Waals surface area contributed by atoms with Crippen LogP contribution in [0.4, 0.5) is 5.82 Å². The molecular formula is C19H20N6O. The number of nitrogens with one attached hydrogen (secondary N) is 2. The molecule has 1 amide bonds. The minimum absolute atomic E-state index is 0.0270. The number of aromatic nitrogens is 4. The van der Waals surface area contributed by atoms with Gasteiger partial charge in [0.2, 0.25) is 0 Å². The van der Waals surface area contributed by atoms with Crippen molar-refractivity contribution in [2.45, 2.75) is 26.4 Å². The molecule has 4 rings (SSSR count). The van der Waals surface area contributed by atoms with E-state index < -0.39 is 0 Å². The smallest absolute Gasteiger partial charge is 0.270 e. The molecule has 26 heavy (non-hydrogen) atoms. The first-order valence-corrected chi connectivity index (χ1v) is 8.62. The fourth-order valence-corrected chi connectivity index (χ4v) is 3.21. The molecule has 0 aliphatic carbocycles. The molecule has 0 fully saturated rings. The molecule has 0 spiro atoms. The van der Waals surface area contributed by atoms with Gasteiger partial charge in [0.1, 0.15) is 11.5 Å². The van der Waals surface area contributed by atoms with Crippen molar-refractivity contribution in [1.82, 2.24) is 25.1 Å². The molecule has 3 aromatic heterocycles. The number of aromatic amines is 1. The van der Waals surface area contributed by atoms with Gasteiger partial charge in [-0.15, -0.1) is 5.10 Å². The largest absolute Gasteiger partial charge is 0.364 e. The summed E-state index contributed by atoms with van der Waals surface area (Å²) in [6.07, 6.45) is 6.33. The van der Waals surface area contributed by atoms with Gasteiger partial charge in [0, 0.05) is 38.2 Å². The van der Waals surface area contributed by atoms with E-state index in [9.17, 15) is 4.79 Å². The highest BCUT2D eigenvalue weighted by Gasteiger charge is 2.24. The van der Waals surface area contributed by atoms with E-state index in [-0.39, 0.29) is 5.91 Å². The van der Waals surface area contributed by atoms with E-state index in [0.29, 0.717) is 25.3 Å². The van der Waals surface area contributed by atoms with Gasteiger partial charge in [-0.05, 0) is 54.3 Å². The van der Waals surface area contributed by atoms with Crippen molar-refractivity contribution < 1.29 is 4.79 Å². The first kappa shape index (κ1) is 16.3. The van der Waals surface area contributed by atoms with E-state index in [1.54, 1.807) is 12.3 Å². The van der Waals surface area contributed by atoms with Gasteiger partial charge < -0.3 is 15.2 Å². The van der Waals surface area contributed by atoms with Crippen molar-refractivity contribution in [3.05, 3.63) is 70.9 Å². The van der Waals surface area contributed by atoms with Crippen molar-refractivity contribution in [2.75, 3.05) is 11.9 Å². The van der Waals surface area contributed by atoms with Gasteiger partial charge in [-0.1, -0.05) is 0 Å². The molecule has 0 unspecified atom stereocenters. The van der Waals surface area contributed by atoms with E-state index in [4.69, 9.17) is 0 Å². The number of anilines is 1. The van der Waals surface area contributed by atoms with E-state index in [1.807, 2.05) is 42.4 Å². The summed E-state index contributed by atoms with van der Waals surface area (Å²) >= 11 is 0. The standard InChI is InChI=1S/C19H20N6O/c1-13-4-5-18(24-23-13)22-11-14-9-20-10-15-12-25(8-6-16(14)15)19(26)17-3-2-7-21-17/h2-5,7,9-10,21H,6,8,11-12H2,1H3,(H,22,24). The number of hydrogen-bond acceptors (Lipinski definition) is 5. The summed E-state index contributed by atoms with van der Waals surface area (Å²) < 4.78 is 0. The monoisotopic (exact) mass is 348 g/mol. The highest BCUT2D eigenvalue weighted by atomic mass is 16.2. The van der Waals surface area contributed by atoms with Crippen LogP contribution in [0.2, 0.25) is 0 Å². The second-order valence-corrected chi connectivity index (χ2v) is 6.41. The quantitative estimate of drug-likeness (QED) is 0.756. The second-order valence-electron chi connectivity index (χ2n) is 6.41. The molecule has 0 bridgehead atoms. The molecule has 132 valence electrons. The number of amides is 1. The molecule has 0 radical (unpaired) electrons. The summed E-state index contributed by atoms with van der Waals surface area (Å²) in [4.78, 5) is 21.7. The first-order valence-electron chi connectivity index (χ1n) is 8.62. The van der Waals surface area contributed by atoms with Crippen LogP contribution in [0, 0.1) is 6.92 Å². The predicted molar refractivity (Wildman–Crippen MR) is 97.6 cm³/mol. The number of H-pyrrole nitrogens is 1.